The Morgan fingerprint density at radius 1 is 1.16 bits per heavy atom. The lowest BCUT2D eigenvalue weighted by Crippen LogP contribution is -2.61. The molecule has 0 radical (unpaired) electrons. The van der Waals surface area contributed by atoms with E-state index in [1.54, 1.807) is 18.3 Å². The van der Waals surface area contributed by atoms with E-state index in [-0.39, 0.29) is 11.4 Å². The Bertz CT molecular complexity index is 673. The van der Waals surface area contributed by atoms with Crippen molar-refractivity contribution in [1.29, 1.82) is 0 Å². The summed E-state index contributed by atoms with van der Waals surface area (Å²) in [5, 5.41) is 3.29. The first kappa shape index (κ1) is 17.1. The van der Waals surface area contributed by atoms with Gasteiger partial charge in [-0.1, -0.05) is 0 Å². The van der Waals surface area contributed by atoms with Gasteiger partial charge in [0.25, 0.3) is 5.91 Å². The molecule has 0 spiro atoms. The summed E-state index contributed by atoms with van der Waals surface area (Å²) >= 11 is 1.58. The minimum Gasteiger partial charge on any atom is -0.449 e. The van der Waals surface area contributed by atoms with E-state index in [0.717, 1.165) is 46.8 Å². The van der Waals surface area contributed by atoms with Crippen molar-refractivity contribution in [3.8, 4) is 0 Å². The number of nitrogens with one attached hydrogen (secondary N) is 1. The molecule has 4 aliphatic carbocycles. The molecule has 1 aromatic heterocycles. The minimum atomic E-state index is -0.750. The maximum Gasteiger partial charge on any atom is 0.340 e. The molecular weight excluding hydrogens is 334 g/mol. The van der Waals surface area contributed by atoms with Crippen molar-refractivity contribution < 1.29 is 14.3 Å². The van der Waals surface area contributed by atoms with Crippen LogP contribution in [0.2, 0.25) is 0 Å². The lowest BCUT2D eigenvalue weighted by molar-refractivity contribution is -0.134. The fraction of sp³-hybridized carbons (Fsp3) is 0.700. The molecule has 1 atom stereocenters. The van der Waals surface area contributed by atoms with Gasteiger partial charge in [0.1, 0.15) is 0 Å². The van der Waals surface area contributed by atoms with E-state index >= 15 is 0 Å². The Morgan fingerprint density at radius 2 is 1.72 bits per heavy atom. The summed E-state index contributed by atoms with van der Waals surface area (Å²) in [6.07, 6.45) is 6.60. The number of hydrogen-bond donors (Lipinski definition) is 1. The first-order chi connectivity index (χ1) is 11.8. The van der Waals surface area contributed by atoms with Gasteiger partial charge < -0.3 is 10.1 Å². The molecule has 0 aliphatic heterocycles. The van der Waals surface area contributed by atoms with Crippen LogP contribution in [0.4, 0.5) is 0 Å². The number of carbonyl (C=O) groups is 2. The second-order valence-electron chi connectivity index (χ2n) is 8.56. The molecular formula is C20H27NO3S. The second-order valence-corrected chi connectivity index (χ2v) is 10.0. The van der Waals surface area contributed by atoms with Crippen molar-refractivity contribution in [2.24, 2.45) is 17.8 Å². The maximum absolute atomic E-state index is 12.7. The van der Waals surface area contributed by atoms with Gasteiger partial charge in [0, 0.05) is 15.3 Å². The van der Waals surface area contributed by atoms with Crippen molar-refractivity contribution in [3.05, 3.63) is 21.4 Å². The van der Waals surface area contributed by atoms with E-state index in [1.807, 2.05) is 19.9 Å². The molecule has 0 unspecified atom stereocenters. The van der Waals surface area contributed by atoms with Gasteiger partial charge >= 0.3 is 5.97 Å². The lowest BCUT2D eigenvalue weighted by atomic mass is 9.53. The summed E-state index contributed by atoms with van der Waals surface area (Å²) in [7, 11) is 0. The smallest absolute Gasteiger partial charge is 0.340 e. The minimum absolute atomic E-state index is 0.0403. The average Bonchev–Trinajstić information content (AvgIpc) is 2.84. The zero-order valence-electron chi connectivity index (χ0n) is 15.3. The Balaban J connectivity index is 1.39. The Labute approximate surface area is 153 Å². The van der Waals surface area contributed by atoms with Crippen LogP contribution in [0.5, 0.6) is 0 Å². The summed E-state index contributed by atoms with van der Waals surface area (Å²) in [4.78, 5) is 27.1. The second kappa shape index (κ2) is 6.11. The topological polar surface area (TPSA) is 55.4 Å². The molecule has 4 saturated carbocycles. The number of esters is 1. The number of thiophene rings is 1. The third kappa shape index (κ3) is 3.23. The molecule has 1 N–H and O–H groups in total. The van der Waals surface area contributed by atoms with Crippen LogP contribution in [0, 0.1) is 31.6 Å². The third-order valence-corrected chi connectivity index (χ3v) is 7.31. The van der Waals surface area contributed by atoms with Crippen molar-refractivity contribution in [2.75, 3.05) is 0 Å². The van der Waals surface area contributed by atoms with Gasteiger partial charge in [-0.2, -0.15) is 0 Å². The highest BCUT2D eigenvalue weighted by Crippen LogP contribution is 2.55. The maximum atomic E-state index is 12.7. The van der Waals surface area contributed by atoms with E-state index in [4.69, 9.17) is 4.74 Å². The number of ether oxygens (including phenoxy) is 1. The molecule has 4 bridgehead atoms. The average molecular weight is 362 g/mol. The van der Waals surface area contributed by atoms with Crippen LogP contribution in [0.3, 0.4) is 0 Å². The SMILES string of the molecule is Cc1cc(C(=O)O[C@@H](C)C(=O)NC23CC4CC(CC(C4)C2)C3)c(C)s1. The predicted octanol–water partition coefficient (Wildman–Crippen LogP) is 4.00. The van der Waals surface area contributed by atoms with Crippen LogP contribution < -0.4 is 5.32 Å². The highest BCUT2D eigenvalue weighted by atomic mass is 32.1. The van der Waals surface area contributed by atoms with Crippen LogP contribution in [-0.2, 0) is 9.53 Å². The van der Waals surface area contributed by atoms with Crippen LogP contribution >= 0.6 is 11.3 Å². The first-order valence-electron chi connectivity index (χ1n) is 9.43. The third-order valence-electron chi connectivity index (χ3n) is 6.34. The van der Waals surface area contributed by atoms with E-state index in [1.165, 1.54) is 19.3 Å². The molecule has 1 aromatic rings. The van der Waals surface area contributed by atoms with Gasteiger partial charge in [0.05, 0.1) is 5.56 Å². The monoisotopic (exact) mass is 361 g/mol. The van der Waals surface area contributed by atoms with Crippen LogP contribution in [0.15, 0.2) is 6.07 Å². The van der Waals surface area contributed by atoms with Gasteiger partial charge in [-0.15, -0.1) is 11.3 Å². The number of carbonyl (C=O) groups excluding carboxylic acids is 2. The highest BCUT2D eigenvalue weighted by Gasteiger charge is 2.51. The molecule has 5 rings (SSSR count). The van der Waals surface area contributed by atoms with E-state index in [9.17, 15) is 9.59 Å². The standard InChI is InChI=1S/C20H27NO3S/c1-11-4-17(13(3)25-11)19(23)24-12(2)18(22)21-20-8-14-5-15(9-20)7-16(6-14)10-20/h4,12,14-16H,5-10H2,1-3H3,(H,21,22)/t12-,14?,15?,16?,20?/m0/s1. The molecule has 4 fully saturated rings. The summed E-state index contributed by atoms with van der Waals surface area (Å²) in [6, 6.07) is 1.84. The normalized spacial score (nSPS) is 34.0. The van der Waals surface area contributed by atoms with Crippen LogP contribution in [0.25, 0.3) is 0 Å². The van der Waals surface area contributed by atoms with Gasteiger partial charge in [0.15, 0.2) is 6.10 Å². The molecule has 4 aliphatic rings. The molecule has 1 amide bonds. The first-order valence-corrected chi connectivity index (χ1v) is 10.3. The zero-order chi connectivity index (χ0) is 17.8. The summed E-state index contributed by atoms with van der Waals surface area (Å²) < 4.78 is 5.46. The van der Waals surface area contributed by atoms with Gasteiger partial charge in [0.2, 0.25) is 0 Å². The van der Waals surface area contributed by atoms with E-state index in [0.29, 0.717) is 5.56 Å². The molecule has 0 aromatic carbocycles. The van der Waals surface area contributed by atoms with Gasteiger partial charge in [-0.3, -0.25) is 4.79 Å². The number of aryl methyl sites for hydroxylation is 2. The quantitative estimate of drug-likeness (QED) is 0.825. The van der Waals surface area contributed by atoms with Gasteiger partial charge in [-0.25, -0.2) is 4.79 Å². The van der Waals surface area contributed by atoms with Crippen molar-refractivity contribution >= 4 is 23.2 Å². The fourth-order valence-electron chi connectivity index (χ4n) is 5.74. The van der Waals surface area contributed by atoms with Crippen LogP contribution in [-0.4, -0.2) is 23.5 Å². The Hall–Kier alpha value is -1.36. The van der Waals surface area contributed by atoms with Crippen molar-refractivity contribution in [3.63, 3.8) is 0 Å². The molecule has 136 valence electrons. The van der Waals surface area contributed by atoms with E-state index in [2.05, 4.69) is 5.32 Å². The summed E-state index contributed by atoms with van der Waals surface area (Å²) in [5.74, 6) is 1.80. The molecule has 1 heterocycles. The molecule has 0 saturated heterocycles. The van der Waals surface area contributed by atoms with Crippen LogP contribution in [0.1, 0.15) is 65.6 Å². The van der Waals surface area contributed by atoms with Gasteiger partial charge in [-0.05, 0) is 83.1 Å². The largest absolute Gasteiger partial charge is 0.449 e. The molecule has 5 heteroatoms. The lowest BCUT2D eigenvalue weighted by Gasteiger charge is -2.57. The van der Waals surface area contributed by atoms with E-state index < -0.39 is 12.1 Å². The molecule has 4 nitrogen and oxygen atoms in total. The Morgan fingerprint density at radius 3 is 2.20 bits per heavy atom. The number of hydrogen-bond acceptors (Lipinski definition) is 4. The fourth-order valence-corrected chi connectivity index (χ4v) is 6.65. The predicted molar refractivity (Wildman–Crippen MR) is 97.7 cm³/mol. The zero-order valence-corrected chi connectivity index (χ0v) is 16.1. The summed E-state index contributed by atoms with van der Waals surface area (Å²) in [5.41, 5.74) is 0.540. The summed E-state index contributed by atoms with van der Waals surface area (Å²) in [6.45, 7) is 5.56. The molecule has 25 heavy (non-hydrogen) atoms. The Kier molecular flexibility index (Phi) is 4.18. The number of amides is 1. The van der Waals surface area contributed by atoms with Crippen molar-refractivity contribution in [1.82, 2.24) is 5.32 Å². The van der Waals surface area contributed by atoms with Crippen molar-refractivity contribution in [2.45, 2.75) is 70.9 Å². The number of rotatable bonds is 4. The highest BCUT2D eigenvalue weighted by molar-refractivity contribution is 7.12.